The number of amides is 1. The predicted octanol–water partition coefficient (Wildman–Crippen LogP) is 4.24. The van der Waals surface area contributed by atoms with E-state index in [1.165, 1.54) is 22.9 Å². The van der Waals surface area contributed by atoms with Gasteiger partial charge in [-0.2, -0.15) is 5.10 Å². The molecular weight excluding hydrogens is 396 g/mol. The standard InChI is InChI=1S/C23H24N4O2S/c1-4-16-12-19(29-3)8-7-17(16)14-27-20-9-6-15(10-18(20)13-25-27)11-21-22(28)26-23(30-21)24-5-2/h6-13H,4-5,14H2,1-3H3,(H,24,26,28). The molecule has 0 atom stereocenters. The second kappa shape index (κ2) is 8.75. The Morgan fingerprint density at radius 2 is 2.07 bits per heavy atom. The lowest BCUT2D eigenvalue weighted by atomic mass is 10.0. The van der Waals surface area contributed by atoms with Crippen molar-refractivity contribution in [2.45, 2.75) is 26.8 Å². The third kappa shape index (κ3) is 4.11. The van der Waals surface area contributed by atoms with Crippen molar-refractivity contribution in [1.29, 1.82) is 0 Å². The lowest BCUT2D eigenvalue weighted by Gasteiger charge is -2.11. The van der Waals surface area contributed by atoms with Crippen molar-refractivity contribution in [3.8, 4) is 5.75 Å². The van der Waals surface area contributed by atoms with Crippen LogP contribution in [0.25, 0.3) is 17.0 Å². The molecule has 154 valence electrons. The number of carbonyl (C=O) groups excluding carboxylic acids is 1. The quantitative estimate of drug-likeness (QED) is 0.606. The highest BCUT2D eigenvalue weighted by molar-refractivity contribution is 8.18. The average Bonchev–Trinajstić information content (AvgIpc) is 3.31. The predicted molar refractivity (Wildman–Crippen MR) is 123 cm³/mol. The number of aryl methyl sites for hydroxylation is 1. The smallest absolute Gasteiger partial charge is 0.264 e. The number of benzene rings is 2. The van der Waals surface area contributed by atoms with Crippen molar-refractivity contribution in [3.63, 3.8) is 0 Å². The normalized spacial score (nSPS) is 16.6. The van der Waals surface area contributed by atoms with Gasteiger partial charge < -0.3 is 10.1 Å². The largest absolute Gasteiger partial charge is 0.497 e. The number of aromatic nitrogens is 2. The maximum Gasteiger partial charge on any atom is 0.264 e. The lowest BCUT2D eigenvalue weighted by molar-refractivity contribution is -0.115. The summed E-state index contributed by atoms with van der Waals surface area (Å²) in [5, 5.41) is 9.09. The van der Waals surface area contributed by atoms with Crippen LogP contribution in [0.15, 0.2) is 52.5 Å². The number of ether oxygens (including phenoxy) is 1. The SMILES string of the molecule is CCN=C1NC(=O)C(=Cc2ccc3c(cnn3Cc3ccc(OC)cc3CC)c2)S1. The van der Waals surface area contributed by atoms with Crippen molar-refractivity contribution in [3.05, 3.63) is 64.2 Å². The third-order valence-corrected chi connectivity index (χ3v) is 5.98. The van der Waals surface area contributed by atoms with E-state index in [0.29, 0.717) is 23.2 Å². The molecule has 3 aromatic rings. The van der Waals surface area contributed by atoms with Crippen molar-refractivity contribution >= 4 is 39.8 Å². The number of hydrogen-bond acceptors (Lipinski definition) is 5. The third-order valence-electron chi connectivity index (χ3n) is 5.03. The van der Waals surface area contributed by atoms with Gasteiger partial charge in [0.15, 0.2) is 5.17 Å². The Kier molecular flexibility index (Phi) is 5.90. The van der Waals surface area contributed by atoms with Crippen molar-refractivity contribution in [2.75, 3.05) is 13.7 Å². The first kappa shape index (κ1) is 20.2. The van der Waals surface area contributed by atoms with Crippen LogP contribution >= 0.6 is 11.8 Å². The van der Waals surface area contributed by atoms with E-state index >= 15 is 0 Å². The van der Waals surface area contributed by atoms with Crippen molar-refractivity contribution in [1.82, 2.24) is 15.1 Å². The Hall–Kier alpha value is -3.06. The summed E-state index contributed by atoms with van der Waals surface area (Å²) in [4.78, 5) is 17.1. The topological polar surface area (TPSA) is 68.5 Å². The van der Waals surface area contributed by atoms with Gasteiger partial charge in [0.05, 0.1) is 30.3 Å². The Balaban J connectivity index is 1.60. The molecule has 0 saturated carbocycles. The molecule has 1 aliphatic rings. The number of hydrogen-bond donors (Lipinski definition) is 1. The van der Waals surface area contributed by atoms with E-state index in [1.54, 1.807) is 7.11 Å². The number of fused-ring (bicyclic) bond motifs is 1. The molecule has 30 heavy (non-hydrogen) atoms. The molecule has 2 heterocycles. The molecule has 1 amide bonds. The highest BCUT2D eigenvalue weighted by Crippen LogP contribution is 2.27. The van der Waals surface area contributed by atoms with Crippen LogP contribution in [0.1, 0.15) is 30.5 Å². The van der Waals surface area contributed by atoms with Crippen molar-refractivity contribution < 1.29 is 9.53 Å². The van der Waals surface area contributed by atoms with Gasteiger partial charge in [-0.3, -0.25) is 14.5 Å². The van der Waals surface area contributed by atoms with Gasteiger partial charge in [-0.15, -0.1) is 0 Å². The van der Waals surface area contributed by atoms with E-state index in [-0.39, 0.29) is 5.91 Å². The summed E-state index contributed by atoms with van der Waals surface area (Å²) >= 11 is 1.38. The molecular formula is C23H24N4O2S. The molecule has 0 radical (unpaired) electrons. The molecule has 0 unspecified atom stereocenters. The summed E-state index contributed by atoms with van der Waals surface area (Å²) in [6, 6.07) is 12.3. The monoisotopic (exact) mass is 420 g/mol. The minimum absolute atomic E-state index is 0.102. The van der Waals surface area contributed by atoms with Gasteiger partial charge in [0.2, 0.25) is 0 Å². The molecule has 6 nitrogen and oxygen atoms in total. The van der Waals surface area contributed by atoms with Crippen LogP contribution < -0.4 is 10.1 Å². The molecule has 4 rings (SSSR count). The minimum atomic E-state index is -0.102. The zero-order valence-corrected chi connectivity index (χ0v) is 18.1. The second-order valence-corrected chi connectivity index (χ2v) is 7.98. The van der Waals surface area contributed by atoms with Crippen molar-refractivity contribution in [2.24, 2.45) is 4.99 Å². The van der Waals surface area contributed by atoms with Crippen LogP contribution in [0.2, 0.25) is 0 Å². The first-order valence-corrected chi connectivity index (χ1v) is 10.8. The average molecular weight is 421 g/mol. The maximum atomic E-state index is 12.1. The van der Waals surface area contributed by atoms with Crippen LogP contribution in [0, 0.1) is 0 Å². The number of thioether (sulfide) groups is 1. The second-order valence-electron chi connectivity index (χ2n) is 6.95. The number of methoxy groups -OCH3 is 1. The van der Waals surface area contributed by atoms with E-state index < -0.39 is 0 Å². The summed E-state index contributed by atoms with van der Waals surface area (Å²) in [5.41, 5.74) is 4.52. The van der Waals surface area contributed by atoms with E-state index in [9.17, 15) is 4.79 Å². The molecule has 2 aromatic carbocycles. The molecule has 0 aliphatic carbocycles. The molecule has 0 spiro atoms. The van der Waals surface area contributed by atoms with Gasteiger partial charge in [0, 0.05) is 11.9 Å². The maximum absolute atomic E-state index is 12.1. The van der Waals surface area contributed by atoms with Gasteiger partial charge in [0.1, 0.15) is 5.75 Å². The first-order chi connectivity index (χ1) is 14.6. The summed E-state index contributed by atoms with van der Waals surface area (Å²) in [5.74, 6) is 0.772. The van der Waals surface area contributed by atoms with Crippen LogP contribution in [-0.4, -0.2) is 34.5 Å². The van der Waals surface area contributed by atoms with Crippen LogP contribution in [-0.2, 0) is 17.8 Å². The van der Waals surface area contributed by atoms with E-state index in [4.69, 9.17) is 4.74 Å². The Bertz CT molecular complexity index is 1160. The number of aliphatic imine (C=N–C) groups is 1. The summed E-state index contributed by atoms with van der Waals surface area (Å²) in [6.07, 6.45) is 4.71. The molecule has 1 N–H and O–H groups in total. The zero-order valence-electron chi connectivity index (χ0n) is 17.3. The lowest BCUT2D eigenvalue weighted by Crippen LogP contribution is -2.19. The number of nitrogens with zero attached hydrogens (tertiary/aromatic N) is 3. The Morgan fingerprint density at radius 3 is 2.83 bits per heavy atom. The number of amidine groups is 1. The van der Waals surface area contributed by atoms with Crippen LogP contribution in [0.4, 0.5) is 0 Å². The van der Waals surface area contributed by atoms with Gasteiger partial charge in [-0.05, 0) is 72.1 Å². The van der Waals surface area contributed by atoms with Gasteiger partial charge >= 0.3 is 0 Å². The molecule has 7 heteroatoms. The minimum Gasteiger partial charge on any atom is -0.497 e. The molecule has 1 saturated heterocycles. The van der Waals surface area contributed by atoms with E-state index in [2.05, 4.69) is 46.6 Å². The van der Waals surface area contributed by atoms with Crippen LogP contribution in [0.3, 0.4) is 0 Å². The summed E-state index contributed by atoms with van der Waals surface area (Å²) < 4.78 is 7.36. The Labute approximate surface area is 180 Å². The number of rotatable bonds is 6. The number of carbonyl (C=O) groups is 1. The fourth-order valence-corrected chi connectivity index (χ4v) is 4.38. The zero-order chi connectivity index (χ0) is 21.1. The Morgan fingerprint density at radius 1 is 1.20 bits per heavy atom. The fraction of sp³-hybridized carbons (Fsp3) is 0.261. The van der Waals surface area contributed by atoms with Gasteiger partial charge in [-0.25, -0.2) is 0 Å². The molecule has 1 aliphatic heterocycles. The molecule has 1 fully saturated rings. The van der Waals surface area contributed by atoms with E-state index in [0.717, 1.165) is 28.6 Å². The summed E-state index contributed by atoms with van der Waals surface area (Å²) in [7, 11) is 1.69. The van der Waals surface area contributed by atoms with Crippen LogP contribution in [0.5, 0.6) is 5.75 Å². The van der Waals surface area contributed by atoms with Gasteiger partial charge in [-0.1, -0.05) is 19.1 Å². The number of nitrogens with one attached hydrogen (secondary N) is 1. The summed E-state index contributed by atoms with van der Waals surface area (Å²) in [6.45, 7) is 5.44. The van der Waals surface area contributed by atoms with Gasteiger partial charge in [0.25, 0.3) is 5.91 Å². The highest BCUT2D eigenvalue weighted by Gasteiger charge is 2.23. The van der Waals surface area contributed by atoms with E-state index in [1.807, 2.05) is 36.0 Å². The first-order valence-electron chi connectivity index (χ1n) is 9.98. The fourth-order valence-electron chi connectivity index (χ4n) is 3.49. The highest BCUT2D eigenvalue weighted by atomic mass is 32.2. The molecule has 1 aromatic heterocycles. The molecule has 0 bridgehead atoms.